The van der Waals surface area contributed by atoms with Crippen LogP contribution in [0.2, 0.25) is 0 Å². The van der Waals surface area contributed by atoms with Gasteiger partial charge in [-0.2, -0.15) is 4.31 Å². The number of imidazole rings is 1. The minimum absolute atomic E-state index is 0.0217. The predicted molar refractivity (Wildman–Crippen MR) is 111 cm³/mol. The lowest BCUT2D eigenvalue weighted by atomic mass is 10.1. The van der Waals surface area contributed by atoms with E-state index >= 15 is 0 Å². The van der Waals surface area contributed by atoms with E-state index < -0.39 is 10.0 Å². The number of hydrogen-bond donors (Lipinski definition) is 3. The average Bonchev–Trinajstić information content (AvgIpc) is 3.07. The minimum Gasteiger partial charge on any atom is -0.322 e. The van der Waals surface area contributed by atoms with Crippen molar-refractivity contribution in [3.05, 3.63) is 58.5 Å². The number of sulfonamides is 1. The molecule has 3 aromatic rings. The fourth-order valence-corrected chi connectivity index (χ4v) is 5.36. The van der Waals surface area contributed by atoms with Crippen molar-refractivity contribution in [2.75, 3.05) is 11.9 Å². The highest BCUT2D eigenvalue weighted by Gasteiger charge is 2.30. The maximum atomic E-state index is 12.9. The Kier molecular flexibility index (Phi) is 5.01. The van der Waals surface area contributed by atoms with Gasteiger partial charge in [0.05, 0.1) is 15.9 Å². The van der Waals surface area contributed by atoms with Crippen LogP contribution >= 0.6 is 0 Å². The molecular formula is C20H22N4O4S. The SMILES string of the molecule is CC1CCCCN1S(=O)(=O)c1ccc(C(=O)Nc2ccc3[nH]c(=O)[nH]c3c2)cc1. The molecule has 0 aliphatic carbocycles. The van der Waals surface area contributed by atoms with E-state index in [1.54, 1.807) is 22.5 Å². The van der Waals surface area contributed by atoms with Crippen LogP contribution < -0.4 is 11.0 Å². The molecule has 1 aliphatic rings. The molecule has 2 aromatic carbocycles. The first-order valence-corrected chi connectivity index (χ1v) is 10.9. The molecule has 1 aliphatic heterocycles. The van der Waals surface area contributed by atoms with Gasteiger partial charge in [0.25, 0.3) is 5.91 Å². The molecule has 3 N–H and O–H groups in total. The van der Waals surface area contributed by atoms with Crippen molar-refractivity contribution in [1.82, 2.24) is 14.3 Å². The largest absolute Gasteiger partial charge is 0.323 e. The highest BCUT2D eigenvalue weighted by molar-refractivity contribution is 7.89. The summed E-state index contributed by atoms with van der Waals surface area (Å²) in [6.45, 7) is 2.45. The Hall–Kier alpha value is -2.91. The van der Waals surface area contributed by atoms with Gasteiger partial charge in [0.2, 0.25) is 10.0 Å². The van der Waals surface area contributed by atoms with Crippen molar-refractivity contribution >= 4 is 32.7 Å². The lowest BCUT2D eigenvalue weighted by Crippen LogP contribution is -2.41. The second-order valence-corrected chi connectivity index (χ2v) is 9.17. The number of carbonyl (C=O) groups excluding carboxylic acids is 1. The number of carbonyl (C=O) groups is 1. The van der Waals surface area contributed by atoms with Crippen LogP contribution in [0.1, 0.15) is 36.5 Å². The van der Waals surface area contributed by atoms with Crippen molar-refractivity contribution in [3.63, 3.8) is 0 Å². The first kappa shape index (κ1) is 19.4. The van der Waals surface area contributed by atoms with Gasteiger partial charge < -0.3 is 15.3 Å². The van der Waals surface area contributed by atoms with Crippen molar-refractivity contribution < 1.29 is 13.2 Å². The Labute approximate surface area is 168 Å². The summed E-state index contributed by atoms with van der Waals surface area (Å²) in [5.41, 5.74) is 1.79. The summed E-state index contributed by atoms with van der Waals surface area (Å²) >= 11 is 0. The summed E-state index contributed by atoms with van der Waals surface area (Å²) in [5.74, 6) is -0.363. The maximum absolute atomic E-state index is 12.9. The van der Waals surface area contributed by atoms with Crippen LogP contribution in [-0.2, 0) is 10.0 Å². The van der Waals surface area contributed by atoms with Gasteiger partial charge in [-0.15, -0.1) is 0 Å². The summed E-state index contributed by atoms with van der Waals surface area (Å²) in [4.78, 5) is 29.3. The summed E-state index contributed by atoms with van der Waals surface area (Å²) in [7, 11) is -3.57. The zero-order chi connectivity index (χ0) is 20.6. The van der Waals surface area contributed by atoms with E-state index in [4.69, 9.17) is 0 Å². The van der Waals surface area contributed by atoms with Gasteiger partial charge in [0, 0.05) is 23.8 Å². The predicted octanol–water partition coefficient (Wildman–Crippen LogP) is 2.67. The van der Waals surface area contributed by atoms with E-state index in [9.17, 15) is 18.0 Å². The van der Waals surface area contributed by atoms with Crippen LogP contribution in [0.15, 0.2) is 52.2 Å². The van der Waals surface area contributed by atoms with Crippen LogP contribution in [0.25, 0.3) is 11.0 Å². The van der Waals surface area contributed by atoms with E-state index in [1.165, 1.54) is 24.3 Å². The van der Waals surface area contributed by atoms with Gasteiger partial charge >= 0.3 is 5.69 Å². The van der Waals surface area contributed by atoms with Gasteiger partial charge in [0.15, 0.2) is 0 Å². The molecule has 2 heterocycles. The molecular weight excluding hydrogens is 392 g/mol. The fraction of sp³-hybridized carbons (Fsp3) is 0.300. The third-order valence-corrected chi connectivity index (χ3v) is 7.27. The topological polar surface area (TPSA) is 115 Å². The van der Waals surface area contributed by atoms with Crippen LogP contribution in [0, 0.1) is 0 Å². The van der Waals surface area contributed by atoms with Crippen LogP contribution in [0.3, 0.4) is 0 Å². The standard InChI is InChI=1S/C20H22N4O4S/c1-13-4-2-3-11-24(13)29(27,28)16-8-5-14(6-9-16)19(25)21-15-7-10-17-18(12-15)23-20(26)22-17/h5-10,12-13H,2-4,11H2,1H3,(H,21,25)(H2,22,23,26). The summed E-state index contributed by atoms with van der Waals surface area (Å²) < 4.78 is 27.3. The highest BCUT2D eigenvalue weighted by atomic mass is 32.2. The number of nitrogens with one attached hydrogen (secondary N) is 3. The summed E-state index contributed by atoms with van der Waals surface area (Å²) in [6, 6.07) is 11.0. The number of hydrogen-bond acceptors (Lipinski definition) is 4. The third-order valence-electron chi connectivity index (χ3n) is 5.24. The Morgan fingerprint density at radius 3 is 2.52 bits per heavy atom. The van der Waals surface area contributed by atoms with Gasteiger partial charge in [0.1, 0.15) is 0 Å². The lowest BCUT2D eigenvalue weighted by molar-refractivity contribution is 0.102. The number of H-pyrrole nitrogens is 2. The zero-order valence-corrected chi connectivity index (χ0v) is 16.8. The molecule has 0 bridgehead atoms. The molecule has 8 nitrogen and oxygen atoms in total. The maximum Gasteiger partial charge on any atom is 0.323 e. The van der Waals surface area contributed by atoms with E-state index in [0.29, 0.717) is 28.8 Å². The van der Waals surface area contributed by atoms with E-state index in [-0.39, 0.29) is 22.5 Å². The molecule has 0 radical (unpaired) electrons. The molecule has 4 rings (SSSR count). The zero-order valence-electron chi connectivity index (χ0n) is 15.9. The second kappa shape index (κ2) is 7.49. The first-order valence-electron chi connectivity index (χ1n) is 9.50. The molecule has 0 spiro atoms. The Bertz CT molecular complexity index is 1210. The van der Waals surface area contributed by atoms with Crippen molar-refractivity contribution in [2.24, 2.45) is 0 Å². The molecule has 1 unspecified atom stereocenters. The molecule has 1 amide bonds. The number of aromatic amines is 2. The molecule has 1 atom stereocenters. The number of amides is 1. The Morgan fingerprint density at radius 2 is 1.79 bits per heavy atom. The Balaban J connectivity index is 1.52. The Morgan fingerprint density at radius 1 is 1.07 bits per heavy atom. The van der Waals surface area contributed by atoms with Gasteiger partial charge in [-0.3, -0.25) is 4.79 Å². The minimum atomic E-state index is -3.57. The molecule has 152 valence electrons. The highest BCUT2D eigenvalue weighted by Crippen LogP contribution is 2.25. The number of nitrogens with zero attached hydrogens (tertiary/aromatic N) is 1. The van der Waals surface area contributed by atoms with E-state index in [0.717, 1.165) is 19.3 Å². The summed E-state index contributed by atoms with van der Waals surface area (Å²) in [6.07, 6.45) is 2.76. The van der Waals surface area contributed by atoms with Crippen molar-refractivity contribution in [1.29, 1.82) is 0 Å². The molecule has 1 aromatic heterocycles. The number of rotatable bonds is 4. The molecule has 0 saturated carbocycles. The number of fused-ring (bicyclic) bond motifs is 1. The quantitative estimate of drug-likeness (QED) is 0.609. The van der Waals surface area contributed by atoms with Crippen molar-refractivity contribution in [3.8, 4) is 0 Å². The van der Waals surface area contributed by atoms with Crippen molar-refractivity contribution in [2.45, 2.75) is 37.1 Å². The van der Waals surface area contributed by atoms with Gasteiger partial charge in [-0.25, -0.2) is 13.2 Å². The normalized spacial score (nSPS) is 18.0. The number of piperidine rings is 1. The smallest absolute Gasteiger partial charge is 0.322 e. The fourth-order valence-electron chi connectivity index (χ4n) is 3.66. The first-order chi connectivity index (χ1) is 13.8. The van der Waals surface area contributed by atoms with Gasteiger partial charge in [-0.05, 0) is 62.2 Å². The van der Waals surface area contributed by atoms with Crippen LogP contribution in [0.4, 0.5) is 5.69 Å². The second-order valence-electron chi connectivity index (χ2n) is 7.28. The monoisotopic (exact) mass is 414 g/mol. The number of aromatic nitrogens is 2. The number of benzene rings is 2. The van der Waals surface area contributed by atoms with Crippen LogP contribution in [-0.4, -0.2) is 41.2 Å². The average molecular weight is 414 g/mol. The molecule has 1 saturated heterocycles. The third kappa shape index (κ3) is 3.83. The molecule has 29 heavy (non-hydrogen) atoms. The van der Waals surface area contributed by atoms with Gasteiger partial charge in [-0.1, -0.05) is 6.42 Å². The number of anilines is 1. The molecule has 1 fully saturated rings. The lowest BCUT2D eigenvalue weighted by Gasteiger charge is -2.32. The summed E-state index contributed by atoms with van der Waals surface area (Å²) in [5, 5.41) is 2.75. The molecule has 9 heteroatoms. The van der Waals surface area contributed by atoms with Crippen LogP contribution in [0.5, 0.6) is 0 Å². The van der Waals surface area contributed by atoms with E-state index in [2.05, 4.69) is 15.3 Å². The van der Waals surface area contributed by atoms with E-state index in [1.807, 2.05) is 6.92 Å².